The number of hydrogen-bond donors (Lipinski definition) is 0. The molecule has 1 heteroatoms. The lowest BCUT2D eigenvalue weighted by Gasteiger charge is -2.31. The number of likely N-dealkylation sites (tertiary alicyclic amines) is 1. The molecule has 1 aliphatic heterocycles. The molecule has 0 aromatic heterocycles. The van der Waals surface area contributed by atoms with Gasteiger partial charge in [-0.25, -0.2) is 0 Å². The first-order chi connectivity index (χ1) is 7.40. The van der Waals surface area contributed by atoms with Crippen LogP contribution in [0, 0.1) is 11.8 Å². The van der Waals surface area contributed by atoms with Crippen LogP contribution >= 0.6 is 0 Å². The molecule has 2 fully saturated rings. The predicted octanol–water partition coefficient (Wildman–Crippen LogP) is 2.92. The molecule has 0 amide bonds. The first-order valence-corrected chi connectivity index (χ1v) is 6.16. The zero-order valence-corrected chi connectivity index (χ0v) is 9.23. The first kappa shape index (κ1) is 9.41. The maximum Gasteiger partial charge on any atom is 0.0233 e. The van der Waals surface area contributed by atoms with Gasteiger partial charge in [-0.15, -0.1) is 0 Å². The average molecular weight is 201 g/mol. The minimum Gasteiger partial charge on any atom is -0.299 e. The monoisotopic (exact) mass is 201 g/mol. The molecular weight excluding hydrogens is 182 g/mol. The van der Waals surface area contributed by atoms with Crippen LogP contribution in [0.25, 0.3) is 0 Å². The van der Waals surface area contributed by atoms with Gasteiger partial charge in [0.2, 0.25) is 0 Å². The fraction of sp³-hybridized carbons (Fsp3) is 0.571. The van der Waals surface area contributed by atoms with Gasteiger partial charge >= 0.3 is 0 Å². The summed E-state index contributed by atoms with van der Waals surface area (Å²) in [4.78, 5) is 2.65. The SMILES string of the molecule is c1ccc(CN2C[C@H]3CC[C@@H](C3)C2)cc1. The fourth-order valence-corrected chi connectivity index (χ4v) is 3.29. The molecule has 1 saturated heterocycles. The molecule has 1 heterocycles. The van der Waals surface area contributed by atoms with Gasteiger partial charge in [-0.1, -0.05) is 30.3 Å². The second-order valence-electron chi connectivity index (χ2n) is 5.22. The Labute approximate surface area is 92.1 Å². The summed E-state index contributed by atoms with van der Waals surface area (Å²) < 4.78 is 0. The Morgan fingerprint density at radius 1 is 1.00 bits per heavy atom. The lowest BCUT2D eigenvalue weighted by Crippen LogP contribution is -2.35. The number of nitrogens with zero attached hydrogens (tertiary/aromatic N) is 1. The van der Waals surface area contributed by atoms with E-state index in [9.17, 15) is 0 Å². The number of rotatable bonds is 2. The number of fused-ring (bicyclic) bond motifs is 2. The molecule has 1 aromatic carbocycles. The Hall–Kier alpha value is -0.820. The highest BCUT2D eigenvalue weighted by atomic mass is 15.1. The van der Waals surface area contributed by atoms with Crippen molar-refractivity contribution in [3.05, 3.63) is 35.9 Å². The molecule has 1 aliphatic carbocycles. The van der Waals surface area contributed by atoms with Crippen molar-refractivity contribution in [1.82, 2.24) is 4.90 Å². The molecule has 15 heavy (non-hydrogen) atoms. The summed E-state index contributed by atoms with van der Waals surface area (Å²) in [7, 11) is 0. The zero-order valence-electron chi connectivity index (χ0n) is 9.23. The number of hydrogen-bond acceptors (Lipinski definition) is 1. The van der Waals surface area contributed by atoms with E-state index < -0.39 is 0 Å². The molecule has 1 saturated carbocycles. The fourth-order valence-electron chi connectivity index (χ4n) is 3.29. The van der Waals surface area contributed by atoms with Crippen molar-refractivity contribution < 1.29 is 0 Å². The smallest absolute Gasteiger partial charge is 0.0233 e. The maximum absolute atomic E-state index is 2.65. The number of piperidine rings is 1. The first-order valence-electron chi connectivity index (χ1n) is 6.16. The normalized spacial score (nSPS) is 30.7. The molecule has 2 atom stereocenters. The second kappa shape index (κ2) is 3.97. The Morgan fingerprint density at radius 2 is 1.67 bits per heavy atom. The second-order valence-corrected chi connectivity index (χ2v) is 5.22. The summed E-state index contributed by atoms with van der Waals surface area (Å²) in [5.74, 6) is 2.01. The summed E-state index contributed by atoms with van der Waals surface area (Å²) in [6.07, 6.45) is 4.47. The van der Waals surface area contributed by atoms with E-state index in [0.29, 0.717) is 0 Å². The molecule has 0 spiro atoms. The van der Waals surface area contributed by atoms with Crippen molar-refractivity contribution >= 4 is 0 Å². The largest absolute Gasteiger partial charge is 0.299 e. The van der Waals surface area contributed by atoms with Crippen LogP contribution in [0.4, 0.5) is 0 Å². The van der Waals surface area contributed by atoms with Crippen LogP contribution < -0.4 is 0 Å². The molecule has 3 rings (SSSR count). The van der Waals surface area contributed by atoms with Crippen molar-refractivity contribution in [3.8, 4) is 0 Å². The highest BCUT2D eigenvalue weighted by molar-refractivity contribution is 5.14. The van der Waals surface area contributed by atoms with E-state index in [2.05, 4.69) is 35.2 Å². The van der Waals surface area contributed by atoms with Gasteiger partial charge in [-0.05, 0) is 36.7 Å². The Morgan fingerprint density at radius 3 is 2.33 bits per heavy atom. The van der Waals surface area contributed by atoms with Crippen LogP contribution in [0.3, 0.4) is 0 Å². The minimum atomic E-state index is 1.01. The third kappa shape index (κ3) is 2.07. The lowest BCUT2D eigenvalue weighted by molar-refractivity contribution is 0.161. The maximum atomic E-state index is 2.65. The molecule has 0 unspecified atom stereocenters. The van der Waals surface area contributed by atoms with Crippen molar-refractivity contribution in [3.63, 3.8) is 0 Å². The van der Waals surface area contributed by atoms with Gasteiger partial charge in [0.15, 0.2) is 0 Å². The third-order valence-electron chi connectivity index (χ3n) is 3.93. The summed E-state index contributed by atoms with van der Waals surface area (Å²) in [6.45, 7) is 3.84. The zero-order chi connectivity index (χ0) is 10.1. The summed E-state index contributed by atoms with van der Waals surface area (Å²) in [5, 5.41) is 0. The minimum absolute atomic E-state index is 1.01. The molecular formula is C14H19N. The standard InChI is InChI=1S/C14H19N/c1-2-4-12(5-3-1)9-15-10-13-6-7-14(8-13)11-15/h1-5,13-14H,6-11H2/t13-,14-/m0/s1. The Kier molecular flexibility index (Phi) is 2.49. The van der Waals surface area contributed by atoms with E-state index in [1.54, 1.807) is 0 Å². The quantitative estimate of drug-likeness (QED) is 0.711. The molecule has 1 nitrogen and oxygen atoms in total. The van der Waals surface area contributed by atoms with Crippen LogP contribution in [-0.4, -0.2) is 18.0 Å². The Balaban J connectivity index is 1.65. The van der Waals surface area contributed by atoms with Gasteiger partial charge in [0.05, 0.1) is 0 Å². The molecule has 1 aromatic rings. The van der Waals surface area contributed by atoms with Crippen LogP contribution in [0.15, 0.2) is 30.3 Å². The molecule has 2 bridgehead atoms. The van der Waals surface area contributed by atoms with Crippen LogP contribution in [0.2, 0.25) is 0 Å². The topological polar surface area (TPSA) is 3.24 Å². The molecule has 2 aliphatic rings. The van der Waals surface area contributed by atoms with E-state index in [-0.39, 0.29) is 0 Å². The van der Waals surface area contributed by atoms with Crippen LogP contribution in [0.5, 0.6) is 0 Å². The number of benzene rings is 1. The van der Waals surface area contributed by atoms with E-state index in [1.165, 1.54) is 37.9 Å². The lowest BCUT2D eigenvalue weighted by atomic mass is 9.98. The predicted molar refractivity (Wildman–Crippen MR) is 62.6 cm³/mol. The summed E-state index contributed by atoms with van der Waals surface area (Å²) >= 11 is 0. The van der Waals surface area contributed by atoms with Crippen LogP contribution in [0.1, 0.15) is 24.8 Å². The van der Waals surface area contributed by atoms with Gasteiger partial charge in [-0.2, -0.15) is 0 Å². The van der Waals surface area contributed by atoms with Gasteiger partial charge in [0.25, 0.3) is 0 Å². The van der Waals surface area contributed by atoms with Crippen molar-refractivity contribution in [1.29, 1.82) is 0 Å². The molecule has 0 radical (unpaired) electrons. The average Bonchev–Trinajstić information content (AvgIpc) is 2.60. The van der Waals surface area contributed by atoms with Gasteiger partial charge in [0.1, 0.15) is 0 Å². The van der Waals surface area contributed by atoms with Gasteiger partial charge < -0.3 is 0 Å². The van der Waals surface area contributed by atoms with Gasteiger partial charge in [-0.3, -0.25) is 4.90 Å². The van der Waals surface area contributed by atoms with E-state index in [1.807, 2.05) is 0 Å². The van der Waals surface area contributed by atoms with E-state index in [0.717, 1.165) is 18.4 Å². The van der Waals surface area contributed by atoms with Crippen molar-refractivity contribution in [2.75, 3.05) is 13.1 Å². The van der Waals surface area contributed by atoms with Crippen molar-refractivity contribution in [2.24, 2.45) is 11.8 Å². The Bertz CT molecular complexity index is 307. The summed E-state index contributed by atoms with van der Waals surface area (Å²) in [5.41, 5.74) is 1.47. The van der Waals surface area contributed by atoms with E-state index in [4.69, 9.17) is 0 Å². The van der Waals surface area contributed by atoms with E-state index >= 15 is 0 Å². The molecule has 0 N–H and O–H groups in total. The van der Waals surface area contributed by atoms with Gasteiger partial charge in [0, 0.05) is 19.6 Å². The highest BCUT2D eigenvalue weighted by Gasteiger charge is 2.32. The third-order valence-corrected chi connectivity index (χ3v) is 3.93. The highest BCUT2D eigenvalue weighted by Crippen LogP contribution is 2.36. The van der Waals surface area contributed by atoms with Crippen LogP contribution in [-0.2, 0) is 6.54 Å². The molecule has 80 valence electrons. The summed E-state index contributed by atoms with van der Waals surface area (Å²) in [6, 6.07) is 10.9. The van der Waals surface area contributed by atoms with Crippen molar-refractivity contribution in [2.45, 2.75) is 25.8 Å².